The Labute approximate surface area is 138 Å². The summed E-state index contributed by atoms with van der Waals surface area (Å²) in [7, 11) is 0. The summed E-state index contributed by atoms with van der Waals surface area (Å²) in [6.07, 6.45) is -3.00. The molecule has 0 spiro atoms. The molecule has 0 bridgehead atoms. The Balaban J connectivity index is 2.32. The van der Waals surface area contributed by atoms with Crippen LogP contribution in [-0.2, 0) is 10.9 Å². The van der Waals surface area contributed by atoms with Crippen molar-refractivity contribution in [3.8, 4) is 0 Å². The third-order valence-electron chi connectivity index (χ3n) is 2.63. The zero-order valence-electron chi connectivity index (χ0n) is 13.8. The number of amides is 1. The second-order valence-corrected chi connectivity index (χ2v) is 6.06. The highest BCUT2D eigenvalue weighted by Gasteiger charge is 2.35. The topological polar surface area (TPSA) is 102 Å². The smallest absolute Gasteiger partial charge is 0.444 e. The van der Waals surface area contributed by atoms with Gasteiger partial charge in [-0.05, 0) is 33.6 Å². The van der Waals surface area contributed by atoms with Crippen LogP contribution in [0.25, 0.3) is 0 Å². The average Bonchev–Trinajstić information content (AvgIpc) is 2.41. The summed E-state index contributed by atoms with van der Waals surface area (Å²) in [5.41, 5.74) is 5.02. The number of hydrogen-bond donors (Lipinski definition) is 3. The number of ether oxygens (including phenoxy) is 1. The van der Waals surface area contributed by atoms with E-state index in [0.29, 0.717) is 25.9 Å². The molecule has 0 unspecified atom stereocenters. The van der Waals surface area contributed by atoms with Crippen molar-refractivity contribution >= 4 is 17.6 Å². The van der Waals surface area contributed by atoms with Gasteiger partial charge in [0.2, 0.25) is 5.82 Å². The molecule has 1 aromatic heterocycles. The Bertz CT molecular complexity index is 558. The van der Waals surface area contributed by atoms with Gasteiger partial charge in [0.1, 0.15) is 5.60 Å². The molecule has 7 nitrogen and oxygen atoms in total. The van der Waals surface area contributed by atoms with Crippen LogP contribution in [0, 0.1) is 0 Å². The number of nitrogens with zero attached hydrogens (tertiary/aromatic N) is 2. The van der Waals surface area contributed by atoms with Crippen LogP contribution in [0.3, 0.4) is 0 Å². The maximum Gasteiger partial charge on any atom is 0.451 e. The molecule has 0 saturated heterocycles. The van der Waals surface area contributed by atoms with Gasteiger partial charge in [-0.15, -0.1) is 0 Å². The van der Waals surface area contributed by atoms with Crippen LogP contribution in [0.15, 0.2) is 6.20 Å². The van der Waals surface area contributed by atoms with Crippen LogP contribution < -0.4 is 16.4 Å². The van der Waals surface area contributed by atoms with Crippen molar-refractivity contribution in [3.63, 3.8) is 0 Å². The lowest BCUT2D eigenvalue weighted by atomic mass is 10.2. The monoisotopic (exact) mass is 349 g/mol. The van der Waals surface area contributed by atoms with Gasteiger partial charge >= 0.3 is 12.3 Å². The Morgan fingerprint density at radius 1 is 1.25 bits per heavy atom. The lowest BCUT2D eigenvalue weighted by molar-refractivity contribution is -0.144. The van der Waals surface area contributed by atoms with E-state index >= 15 is 0 Å². The molecule has 0 atom stereocenters. The van der Waals surface area contributed by atoms with E-state index in [0.717, 1.165) is 6.20 Å². The van der Waals surface area contributed by atoms with Gasteiger partial charge in [-0.25, -0.2) is 14.8 Å². The molecule has 4 N–H and O–H groups in total. The molecule has 0 aromatic carbocycles. The molecule has 1 rings (SSSR count). The number of halogens is 3. The molecule has 0 aliphatic carbocycles. The van der Waals surface area contributed by atoms with Gasteiger partial charge in [0.15, 0.2) is 5.82 Å². The fraction of sp³-hybridized carbons (Fsp3) is 0.643. The molecular weight excluding hydrogens is 327 g/mol. The molecular formula is C14H22F3N5O2. The Kier molecular flexibility index (Phi) is 6.61. The average molecular weight is 349 g/mol. The third kappa shape index (κ3) is 7.34. The third-order valence-corrected chi connectivity index (χ3v) is 2.63. The van der Waals surface area contributed by atoms with E-state index in [1.54, 1.807) is 20.8 Å². The summed E-state index contributed by atoms with van der Waals surface area (Å²) in [6.45, 7) is 6.03. The number of nitrogens with two attached hydrogens (primary N) is 1. The molecule has 1 heterocycles. The van der Waals surface area contributed by atoms with E-state index in [9.17, 15) is 18.0 Å². The number of unbranched alkanes of at least 4 members (excludes halogenated alkanes) is 1. The Hall–Kier alpha value is -2.26. The SMILES string of the molecule is CC(C)(C)OC(=O)NCCCCNc1nc(C(F)(F)F)ncc1N. The summed E-state index contributed by atoms with van der Waals surface area (Å²) >= 11 is 0. The van der Waals surface area contributed by atoms with Gasteiger partial charge in [-0.2, -0.15) is 13.2 Å². The highest BCUT2D eigenvalue weighted by Crippen LogP contribution is 2.28. The van der Waals surface area contributed by atoms with Gasteiger partial charge < -0.3 is 21.1 Å². The van der Waals surface area contributed by atoms with E-state index in [-0.39, 0.29) is 11.5 Å². The van der Waals surface area contributed by atoms with Crippen molar-refractivity contribution in [1.82, 2.24) is 15.3 Å². The molecule has 0 radical (unpaired) electrons. The lowest BCUT2D eigenvalue weighted by Gasteiger charge is -2.19. The van der Waals surface area contributed by atoms with Crippen LogP contribution in [0.2, 0.25) is 0 Å². The molecule has 1 aromatic rings. The van der Waals surface area contributed by atoms with Crippen molar-refractivity contribution in [2.75, 3.05) is 24.1 Å². The van der Waals surface area contributed by atoms with Crippen molar-refractivity contribution in [3.05, 3.63) is 12.0 Å². The predicted octanol–water partition coefficient (Wildman–Crippen LogP) is 2.79. The number of alkyl carbamates (subject to hydrolysis) is 1. The van der Waals surface area contributed by atoms with Gasteiger partial charge in [-0.1, -0.05) is 0 Å². The van der Waals surface area contributed by atoms with E-state index in [1.165, 1.54) is 0 Å². The van der Waals surface area contributed by atoms with E-state index in [2.05, 4.69) is 20.6 Å². The fourth-order valence-corrected chi connectivity index (χ4v) is 1.63. The second-order valence-electron chi connectivity index (χ2n) is 6.06. The summed E-state index contributed by atoms with van der Waals surface area (Å²) < 4.78 is 42.7. The van der Waals surface area contributed by atoms with E-state index < -0.39 is 23.7 Å². The minimum atomic E-state index is -4.62. The van der Waals surface area contributed by atoms with Crippen LogP contribution >= 0.6 is 0 Å². The Morgan fingerprint density at radius 3 is 2.46 bits per heavy atom. The minimum Gasteiger partial charge on any atom is -0.444 e. The summed E-state index contributed by atoms with van der Waals surface area (Å²) in [5, 5.41) is 5.32. The van der Waals surface area contributed by atoms with Gasteiger partial charge in [0.25, 0.3) is 0 Å². The first kappa shape index (κ1) is 19.8. The summed E-state index contributed by atoms with van der Waals surface area (Å²) in [4.78, 5) is 17.9. The maximum atomic E-state index is 12.5. The number of carbonyl (C=O) groups excluding carboxylic acids is 1. The van der Waals surface area contributed by atoms with Crippen molar-refractivity contribution < 1.29 is 22.7 Å². The van der Waals surface area contributed by atoms with Crippen molar-refractivity contribution in [2.24, 2.45) is 0 Å². The molecule has 136 valence electrons. The predicted molar refractivity (Wildman–Crippen MR) is 83.4 cm³/mol. The van der Waals surface area contributed by atoms with Crippen LogP contribution in [0.4, 0.5) is 29.5 Å². The number of carbonyl (C=O) groups is 1. The normalized spacial score (nSPS) is 11.9. The van der Waals surface area contributed by atoms with Crippen molar-refractivity contribution in [2.45, 2.75) is 45.4 Å². The standard InChI is InChI=1S/C14H22F3N5O2/c1-13(2,3)24-12(23)20-7-5-4-6-19-10-9(18)8-21-11(22-10)14(15,16)17/h8H,4-7,18H2,1-3H3,(H,20,23)(H,19,21,22). The first-order valence-corrected chi connectivity index (χ1v) is 7.39. The molecule has 0 aliphatic heterocycles. The number of nitrogens with one attached hydrogen (secondary N) is 2. The van der Waals surface area contributed by atoms with Gasteiger partial charge in [0.05, 0.1) is 11.9 Å². The van der Waals surface area contributed by atoms with E-state index in [4.69, 9.17) is 10.5 Å². The zero-order chi connectivity index (χ0) is 18.4. The molecule has 0 fully saturated rings. The van der Waals surface area contributed by atoms with E-state index in [1.807, 2.05) is 0 Å². The minimum absolute atomic E-state index is 0.0369. The quantitative estimate of drug-likeness (QED) is 0.683. The fourth-order valence-electron chi connectivity index (χ4n) is 1.63. The molecule has 0 aliphatic rings. The van der Waals surface area contributed by atoms with Crippen LogP contribution in [0.5, 0.6) is 0 Å². The van der Waals surface area contributed by atoms with Crippen LogP contribution in [0.1, 0.15) is 39.4 Å². The second kappa shape index (κ2) is 8.02. The number of alkyl halides is 3. The number of rotatable bonds is 6. The zero-order valence-corrected chi connectivity index (χ0v) is 13.8. The molecule has 1 amide bonds. The van der Waals surface area contributed by atoms with Crippen molar-refractivity contribution in [1.29, 1.82) is 0 Å². The summed E-state index contributed by atoms with van der Waals surface area (Å²) in [5.74, 6) is -1.30. The lowest BCUT2D eigenvalue weighted by Crippen LogP contribution is -2.33. The summed E-state index contributed by atoms with van der Waals surface area (Å²) in [6, 6.07) is 0. The number of nitrogen functional groups attached to an aromatic ring is 1. The number of hydrogen-bond acceptors (Lipinski definition) is 6. The first-order chi connectivity index (χ1) is 11.0. The van der Waals surface area contributed by atoms with Gasteiger partial charge in [0, 0.05) is 13.1 Å². The van der Waals surface area contributed by atoms with Gasteiger partial charge in [-0.3, -0.25) is 0 Å². The molecule has 24 heavy (non-hydrogen) atoms. The maximum absolute atomic E-state index is 12.5. The largest absolute Gasteiger partial charge is 0.451 e. The molecule has 10 heteroatoms. The highest BCUT2D eigenvalue weighted by atomic mass is 19.4. The highest BCUT2D eigenvalue weighted by molar-refractivity contribution is 5.67. The Morgan fingerprint density at radius 2 is 1.88 bits per heavy atom. The first-order valence-electron chi connectivity index (χ1n) is 7.39. The molecule has 0 saturated carbocycles. The van der Waals surface area contributed by atoms with Crippen LogP contribution in [-0.4, -0.2) is 34.8 Å². The number of anilines is 2. The number of aromatic nitrogens is 2.